The Labute approximate surface area is 114 Å². The summed E-state index contributed by atoms with van der Waals surface area (Å²) in [5, 5.41) is 2.94. The summed E-state index contributed by atoms with van der Waals surface area (Å²) in [7, 11) is 0. The fourth-order valence-electron chi connectivity index (χ4n) is 1.68. The summed E-state index contributed by atoms with van der Waals surface area (Å²) in [6.45, 7) is 4.61. The van der Waals surface area contributed by atoms with E-state index in [0.717, 1.165) is 23.3 Å². The Morgan fingerprint density at radius 1 is 1.33 bits per heavy atom. The molecular weight excluding hydrogens is 244 g/mol. The number of rotatable bonds is 6. The topological polar surface area (TPSA) is 55.1 Å². The highest BCUT2D eigenvalue weighted by atomic mass is 32.2. The second-order valence-electron chi connectivity index (χ2n) is 4.45. The summed E-state index contributed by atoms with van der Waals surface area (Å²) in [4.78, 5) is 13.1. The van der Waals surface area contributed by atoms with E-state index in [0.29, 0.717) is 6.54 Å². The first-order chi connectivity index (χ1) is 8.56. The molecule has 0 fully saturated rings. The Kier molecular flexibility index (Phi) is 5.69. The van der Waals surface area contributed by atoms with Gasteiger partial charge in [-0.2, -0.15) is 0 Å². The molecule has 18 heavy (non-hydrogen) atoms. The van der Waals surface area contributed by atoms with Gasteiger partial charge in [0.05, 0.1) is 5.56 Å². The Morgan fingerprint density at radius 3 is 2.50 bits per heavy atom. The van der Waals surface area contributed by atoms with E-state index >= 15 is 0 Å². The van der Waals surface area contributed by atoms with Crippen molar-refractivity contribution in [2.24, 2.45) is 5.73 Å². The van der Waals surface area contributed by atoms with E-state index in [9.17, 15) is 4.79 Å². The standard InChI is InChI=1S/C14H22N2OS/c1-4-14(15,5-2)10-16-13(17)11-8-6-7-9-12(11)18-3/h6-9H,4-5,10,15H2,1-3H3,(H,16,17). The molecule has 1 aromatic carbocycles. The molecule has 1 rings (SSSR count). The Hall–Kier alpha value is -1.00. The van der Waals surface area contributed by atoms with Crippen LogP contribution in [0.25, 0.3) is 0 Å². The van der Waals surface area contributed by atoms with Crippen molar-refractivity contribution in [1.29, 1.82) is 0 Å². The van der Waals surface area contributed by atoms with Crippen LogP contribution in [0.3, 0.4) is 0 Å². The first-order valence-corrected chi connectivity index (χ1v) is 7.49. The van der Waals surface area contributed by atoms with E-state index in [1.807, 2.05) is 44.4 Å². The van der Waals surface area contributed by atoms with Crippen LogP contribution in [0.5, 0.6) is 0 Å². The second-order valence-corrected chi connectivity index (χ2v) is 5.30. The monoisotopic (exact) mass is 266 g/mol. The van der Waals surface area contributed by atoms with Gasteiger partial charge >= 0.3 is 0 Å². The summed E-state index contributed by atoms with van der Waals surface area (Å²) in [6, 6.07) is 7.62. The number of nitrogens with two attached hydrogens (primary N) is 1. The molecule has 0 atom stereocenters. The Morgan fingerprint density at radius 2 is 1.94 bits per heavy atom. The van der Waals surface area contributed by atoms with Crippen LogP contribution in [0.2, 0.25) is 0 Å². The van der Waals surface area contributed by atoms with Crippen LogP contribution in [0.4, 0.5) is 0 Å². The molecule has 3 N–H and O–H groups in total. The average molecular weight is 266 g/mol. The number of hydrogen-bond donors (Lipinski definition) is 2. The molecule has 0 radical (unpaired) electrons. The van der Waals surface area contributed by atoms with Gasteiger partial charge in [-0.3, -0.25) is 4.79 Å². The molecule has 100 valence electrons. The molecule has 0 aliphatic rings. The third kappa shape index (κ3) is 3.75. The van der Waals surface area contributed by atoms with Gasteiger partial charge < -0.3 is 11.1 Å². The summed E-state index contributed by atoms with van der Waals surface area (Å²) in [5.74, 6) is -0.0447. The average Bonchev–Trinajstić information content (AvgIpc) is 2.44. The zero-order chi connectivity index (χ0) is 13.6. The summed E-state index contributed by atoms with van der Waals surface area (Å²) in [5.41, 5.74) is 6.59. The largest absolute Gasteiger partial charge is 0.350 e. The quantitative estimate of drug-likeness (QED) is 0.778. The van der Waals surface area contributed by atoms with Crippen molar-refractivity contribution in [2.75, 3.05) is 12.8 Å². The molecule has 0 bridgehead atoms. The number of thioether (sulfide) groups is 1. The Balaban J connectivity index is 2.71. The van der Waals surface area contributed by atoms with Crippen LogP contribution in [-0.4, -0.2) is 24.2 Å². The van der Waals surface area contributed by atoms with Gasteiger partial charge in [0.2, 0.25) is 0 Å². The molecule has 4 heteroatoms. The normalized spacial score (nSPS) is 11.3. The van der Waals surface area contributed by atoms with Gasteiger partial charge in [0.25, 0.3) is 5.91 Å². The maximum absolute atomic E-state index is 12.1. The third-order valence-corrected chi connectivity index (χ3v) is 4.16. The summed E-state index contributed by atoms with van der Waals surface area (Å²) < 4.78 is 0. The molecular formula is C14H22N2OS. The number of benzene rings is 1. The molecule has 0 saturated heterocycles. The lowest BCUT2D eigenvalue weighted by molar-refractivity contribution is 0.0939. The predicted molar refractivity (Wildman–Crippen MR) is 78.1 cm³/mol. The second kappa shape index (κ2) is 6.81. The Bertz CT molecular complexity index is 403. The van der Waals surface area contributed by atoms with Gasteiger partial charge in [-0.15, -0.1) is 11.8 Å². The fourth-order valence-corrected chi connectivity index (χ4v) is 2.28. The van der Waals surface area contributed by atoms with Gasteiger partial charge in [0.1, 0.15) is 0 Å². The zero-order valence-electron chi connectivity index (χ0n) is 11.3. The molecule has 0 unspecified atom stereocenters. The van der Waals surface area contributed by atoms with Crippen molar-refractivity contribution in [3.63, 3.8) is 0 Å². The van der Waals surface area contributed by atoms with E-state index in [1.54, 1.807) is 11.8 Å². The zero-order valence-corrected chi connectivity index (χ0v) is 12.1. The maximum Gasteiger partial charge on any atom is 0.252 e. The molecule has 1 aromatic rings. The third-order valence-electron chi connectivity index (χ3n) is 3.36. The van der Waals surface area contributed by atoms with Gasteiger partial charge in [-0.25, -0.2) is 0 Å². The minimum atomic E-state index is -0.302. The van der Waals surface area contributed by atoms with E-state index in [2.05, 4.69) is 5.32 Å². The number of hydrogen-bond acceptors (Lipinski definition) is 3. The van der Waals surface area contributed by atoms with Crippen LogP contribution in [0.1, 0.15) is 37.0 Å². The minimum Gasteiger partial charge on any atom is -0.350 e. The first kappa shape index (κ1) is 15.1. The molecule has 3 nitrogen and oxygen atoms in total. The summed E-state index contributed by atoms with van der Waals surface area (Å²) >= 11 is 1.58. The van der Waals surface area contributed by atoms with E-state index in [4.69, 9.17) is 5.73 Å². The van der Waals surface area contributed by atoms with Gasteiger partial charge in [-0.1, -0.05) is 26.0 Å². The van der Waals surface area contributed by atoms with Crippen LogP contribution < -0.4 is 11.1 Å². The highest BCUT2D eigenvalue weighted by Gasteiger charge is 2.21. The molecule has 0 saturated carbocycles. The highest BCUT2D eigenvalue weighted by Crippen LogP contribution is 2.19. The van der Waals surface area contributed by atoms with Crippen LogP contribution >= 0.6 is 11.8 Å². The van der Waals surface area contributed by atoms with E-state index in [-0.39, 0.29) is 11.4 Å². The minimum absolute atomic E-state index is 0.0447. The molecule has 0 aliphatic heterocycles. The van der Waals surface area contributed by atoms with E-state index < -0.39 is 0 Å². The van der Waals surface area contributed by atoms with Crippen molar-refractivity contribution in [3.8, 4) is 0 Å². The highest BCUT2D eigenvalue weighted by molar-refractivity contribution is 7.98. The van der Waals surface area contributed by atoms with Gasteiger partial charge in [-0.05, 0) is 31.2 Å². The van der Waals surface area contributed by atoms with Gasteiger partial charge in [0.15, 0.2) is 0 Å². The SMILES string of the molecule is CCC(N)(CC)CNC(=O)c1ccccc1SC. The number of carbonyl (C=O) groups is 1. The van der Waals surface area contributed by atoms with Crippen molar-refractivity contribution < 1.29 is 4.79 Å². The number of amides is 1. The first-order valence-electron chi connectivity index (χ1n) is 6.26. The lowest BCUT2D eigenvalue weighted by Gasteiger charge is -2.26. The van der Waals surface area contributed by atoms with Crippen LogP contribution in [0, 0.1) is 0 Å². The predicted octanol–water partition coefficient (Wildman–Crippen LogP) is 2.66. The van der Waals surface area contributed by atoms with E-state index in [1.165, 1.54) is 0 Å². The fraction of sp³-hybridized carbons (Fsp3) is 0.500. The van der Waals surface area contributed by atoms with Crippen LogP contribution in [-0.2, 0) is 0 Å². The lowest BCUT2D eigenvalue weighted by atomic mass is 9.94. The maximum atomic E-state index is 12.1. The lowest BCUT2D eigenvalue weighted by Crippen LogP contribution is -2.49. The van der Waals surface area contributed by atoms with Crippen molar-refractivity contribution in [1.82, 2.24) is 5.32 Å². The van der Waals surface area contributed by atoms with Crippen molar-refractivity contribution >= 4 is 17.7 Å². The summed E-state index contributed by atoms with van der Waals surface area (Å²) in [6.07, 6.45) is 3.68. The molecule has 0 spiro atoms. The van der Waals surface area contributed by atoms with Crippen molar-refractivity contribution in [2.45, 2.75) is 37.1 Å². The molecule has 1 amide bonds. The van der Waals surface area contributed by atoms with Crippen LogP contribution in [0.15, 0.2) is 29.2 Å². The number of carbonyl (C=O) groups excluding carboxylic acids is 1. The molecule has 0 aromatic heterocycles. The van der Waals surface area contributed by atoms with Crippen molar-refractivity contribution in [3.05, 3.63) is 29.8 Å². The van der Waals surface area contributed by atoms with Gasteiger partial charge in [0, 0.05) is 17.0 Å². The number of nitrogens with one attached hydrogen (secondary N) is 1. The molecule has 0 aliphatic carbocycles. The smallest absolute Gasteiger partial charge is 0.252 e. The molecule has 0 heterocycles.